The van der Waals surface area contributed by atoms with E-state index in [0.717, 1.165) is 19.1 Å². The van der Waals surface area contributed by atoms with Crippen molar-refractivity contribution in [2.45, 2.75) is 71.4 Å². The Kier molecular flexibility index (Phi) is 7.06. The van der Waals surface area contributed by atoms with Crippen molar-refractivity contribution in [3.8, 4) is 0 Å². The highest BCUT2D eigenvalue weighted by atomic mass is 16.5. The summed E-state index contributed by atoms with van der Waals surface area (Å²) in [6.07, 6.45) is 8.63. The van der Waals surface area contributed by atoms with Crippen LogP contribution < -0.4 is 5.32 Å². The van der Waals surface area contributed by atoms with Gasteiger partial charge in [0.2, 0.25) is 0 Å². The van der Waals surface area contributed by atoms with Crippen molar-refractivity contribution in [2.24, 2.45) is 5.92 Å². The van der Waals surface area contributed by atoms with E-state index in [0.29, 0.717) is 12.1 Å². The zero-order valence-electron chi connectivity index (χ0n) is 11.3. The second-order valence-corrected chi connectivity index (χ2v) is 5.42. The molecule has 1 aliphatic rings. The first-order chi connectivity index (χ1) is 7.72. The Bertz CT molecular complexity index is 164. The van der Waals surface area contributed by atoms with Crippen molar-refractivity contribution in [1.82, 2.24) is 5.32 Å². The molecular weight excluding hydrogens is 198 g/mol. The second kappa shape index (κ2) is 8.08. The monoisotopic (exact) mass is 227 g/mol. The van der Waals surface area contributed by atoms with Gasteiger partial charge < -0.3 is 10.1 Å². The summed E-state index contributed by atoms with van der Waals surface area (Å²) >= 11 is 0. The third-order valence-corrected chi connectivity index (χ3v) is 3.41. The van der Waals surface area contributed by atoms with Crippen molar-refractivity contribution in [3.63, 3.8) is 0 Å². The molecule has 1 atom stereocenters. The van der Waals surface area contributed by atoms with Crippen LogP contribution in [0.25, 0.3) is 0 Å². The molecule has 1 aliphatic carbocycles. The van der Waals surface area contributed by atoms with E-state index in [1.807, 2.05) is 0 Å². The van der Waals surface area contributed by atoms with Gasteiger partial charge in [0.15, 0.2) is 0 Å². The first-order valence-corrected chi connectivity index (χ1v) is 7.07. The molecule has 0 spiro atoms. The van der Waals surface area contributed by atoms with Crippen LogP contribution in [0, 0.1) is 5.92 Å². The molecule has 0 aromatic carbocycles. The molecule has 1 N–H and O–H groups in total. The fraction of sp³-hybridized carbons (Fsp3) is 1.00. The van der Waals surface area contributed by atoms with Gasteiger partial charge >= 0.3 is 0 Å². The van der Waals surface area contributed by atoms with Gasteiger partial charge in [-0.3, -0.25) is 0 Å². The van der Waals surface area contributed by atoms with Gasteiger partial charge in [-0.2, -0.15) is 0 Å². The lowest BCUT2D eigenvalue weighted by molar-refractivity contribution is 0.0562. The van der Waals surface area contributed by atoms with Crippen molar-refractivity contribution in [3.05, 3.63) is 0 Å². The Morgan fingerprint density at radius 2 is 1.94 bits per heavy atom. The van der Waals surface area contributed by atoms with Gasteiger partial charge in [-0.25, -0.2) is 0 Å². The van der Waals surface area contributed by atoms with Crippen LogP contribution in [-0.2, 0) is 4.74 Å². The van der Waals surface area contributed by atoms with Gasteiger partial charge in [0.05, 0.1) is 12.7 Å². The van der Waals surface area contributed by atoms with Gasteiger partial charge in [-0.1, -0.05) is 32.6 Å². The number of hydrogen-bond acceptors (Lipinski definition) is 2. The smallest absolute Gasteiger partial charge is 0.0623 e. The maximum Gasteiger partial charge on any atom is 0.0623 e. The average molecular weight is 227 g/mol. The quantitative estimate of drug-likeness (QED) is 0.686. The molecule has 0 amide bonds. The molecule has 1 rings (SSSR count). The van der Waals surface area contributed by atoms with E-state index in [1.165, 1.54) is 38.5 Å². The van der Waals surface area contributed by atoms with E-state index < -0.39 is 0 Å². The SMILES string of the molecule is CCCNC(COC(C)C)CC1CCCC1. The van der Waals surface area contributed by atoms with Gasteiger partial charge in [-0.05, 0) is 39.2 Å². The van der Waals surface area contributed by atoms with Crippen LogP contribution in [0.15, 0.2) is 0 Å². The molecule has 0 aromatic heterocycles. The predicted molar refractivity (Wildman–Crippen MR) is 69.7 cm³/mol. The summed E-state index contributed by atoms with van der Waals surface area (Å²) in [6.45, 7) is 8.47. The number of hydrogen-bond donors (Lipinski definition) is 1. The minimum Gasteiger partial charge on any atom is -0.377 e. The van der Waals surface area contributed by atoms with Crippen molar-refractivity contribution < 1.29 is 4.74 Å². The van der Waals surface area contributed by atoms with Crippen LogP contribution in [0.3, 0.4) is 0 Å². The van der Waals surface area contributed by atoms with Crippen LogP contribution in [0.5, 0.6) is 0 Å². The molecule has 1 saturated carbocycles. The van der Waals surface area contributed by atoms with E-state index in [1.54, 1.807) is 0 Å². The summed E-state index contributed by atoms with van der Waals surface area (Å²) < 4.78 is 5.75. The highest BCUT2D eigenvalue weighted by Gasteiger charge is 2.20. The van der Waals surface area contributed by atoms with Crippen molar-refractivity contribution in [1.29, 1.82) is 0 Å². The second-order valence-electron chi connectivity index (χ2n) is 5.42. The highest BCUT2D eigenvalue weighted by Crippen LogP contribution is 2.28. The molecular formula is C14H29NO. The topological polar surface area (TPSA) is 21.3 Å². The third-order valence-electron chi connectivity index (χ3n) is 3.41. The Morgan fingerprint density at radius 3 is 2.50 bits per heavy atom. The van der Waals surface area contributed by atoms with Gasteiger partial charge in [0.1, 0.15) is 0 Å². The molecule has 0 bridgehead atoms. The Balaban J connectivity index is 2.24. The first-order valence-electron chi connectivity index (χ1n) is 7.07. The van der Waals surface area contributed by atoms with E-state index >= 15 is 0 Å². The number of rotatable bonds is 8. The van der Waals surface area contributed by atoms with Crippen LogP contribution in [-0.4, -0.2) is 25.3 Å². The molecule has 0 radical (unpaired) electrons. The Hall–Kier alpha value is -0.0800. The van der Waals surface area contributed by atoms with E-state index in [4.69, 9.17) is 4.74 Å². The Labute approximate surface area is 101 Å². The summed E-state index contributed by atoms with van der Waals surface area (Å²) in [5.41, 5.74) is 0. The lowest BCUT2D eigenvalue weighted by atomic mass is 9.98. The fourth-order valence-corrected chi connectivity index (χ4v) is 2.52. The molecule has 0 saturated heterocycles. The first kappa shape index (κ1) is 14.0. The van der Waals surface area contributed by atoms with Gasteiger partial charge in [-0.15, -0.1) is 0 Å². The molecule has 16 heavy (non-hydrogen) atoms. The predicted octanol–water partition coefficient (Wildman–Crippen LogP) is 3.36. The Morgan fingerprint density at radius 1 is 1.25 bits per heavy atom. The lowest BCUT2D eigenvalue weighted by Crippen LogP contribution is -2.36. The summed E-state index contributed by atoms with van der Waals surface area (Å²) in [7, 11) is 0. The average Bonchev–Trinajstić information content (AvgIpc) is 2.74. The maximum absolute atomic E-state index is 5.75. The molecule has 2 heteroatoms. The molecule has 0 aromatic rings. The van der Waals surface area contributed by atoms with E-state index in [-0.39, 0.29) is 0 Å². The summed E-state index contributed by atoms with van der Waals surface area (Å²) in [5, 5.41) is 3.63. The van der Waals surface area contributed by atoms with E-state index in [2.05, 4.69) is 26.1 Å². The van der Waals surface area contributed by atoms with Crippen LogP contribution in [0.1, 0.15) is 59.3 Å². The van der Waals surface area contributed by atoms with Crippen molar-refractivity contribution in [2.75, 3.05) is 13.2 Å². The molecule has 0 heterocycles. The maximum atomic E-state index is 5.75. The van der Waals surface area contributed by atoms with E-state index in [9.17, 15) is 0 Å². The molecule has 2 nitrogen and oxygen atoms in total. The summed E-state index contributed by atoms with van der Waals surface area (Å²) in [4.78, 5) is 0. The zero-order valence-corrected chi connectivity index (χ0v) is 11.3. The van der Waals surface area contributed by atoms with Crippen LogP contribution >= 0.6 is 0 Å². The van der Waals surface area contributed by atoms with Crippen LogP contribution in [0.2, 0.25) is 0 Å². The minimum atomic E-state index is 0.356. The standard InChI is InChI=1S/C14H29NO/c1-4-9-15-14(11-16-12(2)3)10-13-7-5-6-8-13/h12-15H,4-11H2,1-3H3. The van der Waals surface area contributed by atoms with Crippen LogP contribution in [0.4, 0.5) is 0 Å². The summed E-state index contributed by atoms with van der Waals surface area (Å²) in [5.74, 6) is 0.949. The fourth-order valence-electron chi connectivity index (χ4n) is 2.52. The zero-order chi connectivity index (χ0) is 11.8. The minimum absolute atomic E-state index is 0.356. The largest absolute Gasteiger partial charge is 0.377 e. The molecule has 1 fully saturated rings. The number of nitrogens with one attached hydrogen (secondary N) is 1. The highest BCUT2D eigenvalue weighted by molar-refractivity contribution is 4.75. The van der Waals surface area contributed by atoms with Gasteiger partial charge in [0.25, 0.3) is 0 Å². The molecule has 1 unspecified atom stereocenters. The lowest BCUT2D eigenvalue weighted by Gasteiger charge is -2.23. The third kappa shape index (κ3) is 5.86. The normalized spacial score (nSPS) is 19.5. The van der Waals surface area contributed by atoms with Gasteiger partial charge in [0, 0.05) is 6.04 Å². The van der Waals surface area contributed by atoms with Crippen molar-refractivity contribution >= 4 is 0 Å². The number of ether oxygens (including phenoxy) is 1. The molecule has 0 aliphatic heterocycles. The molecule has 96 valence electrons. The summed E-state index contributed by atoms with van der Waals surface area (Å²) in [6, 6.07) is 0.574.